The Bertz CT molecular complexity index is 1380. The van der Waals surface area contributed by atoms with Gasteiger partial charge in [0.05, 0.1) is 25.4 Å². The highest BCUT2D eigenvalue weighted by molar-refractivity contribution is 5.76. The van der Waals surface area contributed by atoms with Crippen LogP contribution in [0.4, 0.5) is 0 Å². The van der Waals surface area contributed by atoms with Gasteiger partial charge in [0.2, 0.25) is 5.91 Å². The summed E-state index contributed by atoms with van der Waals surface area (Å²) in [4.78, 5) is 24.7. The van der Waals surface area contributed by atoms with E-state index in [2.05, 4.69) is 43.5 Å². The van der Waals surface area contributed by atoms with E-state index in [9.17, 15) is 19.8 Å². The first-order chi connectivity index (χ1) is 42.0. The molecular weight excluding hydrogens is 1040 g/mol. The number of rotatable bonds is 73. The van der Waals surface area contributed by atoms with E-state index in [1.807, 2.05) is 6.08 Å². The third-order valence-corrected chi connectivity index (χ3v) is 18.1. The maximum atomic E-state index is 12.5. The molecule has 0 fully saturated rings. The quantitative estimate of drug-likeness (QED) is 0.0320. The molecule has 502 valence electrons. The molecule has 85 heavy (non-hydrogen) atoms. The number of allylic oxidation sites excluding steroid dienone is 5. The Morgan fingerprint density at radius 3 is 0.835 bits per heavy atom. The zero-order chi connectivity index (χ0) is 61.3. The number of esters is 1. The van der Waals surface area contributed by atoms with Crippen LogP contribution < -0.4 is 5.32 Å². The van der Waals surface area contributed by atoms with E-state index >= 15 is 0 Å². The summed E-state index contributed by atoms with van der Waals surface area (Å²) in [5, 5.41) is 23.3. The first-order valence-corrected chi connectivity index (χ1v) is 38.8. The maximum Gasteiger partial charge on any atom is 0.305 e. The number of amides is 1. The van der Waals surface area contributed by atoms with Crippen molar-refractivity contribution in [2.24, 2.45) is 0 Å². The number of aliphatic hydroxyl groups is 2. The molecule has 0 rings (SSSR count). The SMILES string of the molecule is CCCCCCCC/C=C\CCCCCCCCCCCC(=O)OCCCCCCCCCCCCCC/C=C\CCCCCCCCCCCCCCC(=O)NC(CO)C(O)/C=C/CCCCCCCCCCCCCCCCCCCCC. The molecule has 0 aromatic heterocycles. The minimum absolute atomic E-state index is 0.0159. The molecule has 3 N–H and O–H groups in total. The number of hydrogen-bond acceptors (Lipinski definition) is 5. The van der Waals surface area contributed by atoms with Crippen LogP contribution in [0.2, 0.25) is 0 Å². The zero-order valence-electron chi connectivity index (χ0n) is 57.6. The van der Waals surface area contributed by atoms with Gasteiger partial charge in [0.1, 0.15) is 0 Å². The second-order valence-electron chi connectivity index (χ2n) is 26.7. The Morgan fingerprint density at radius 1 is 0.318 bits per heavy atom. The summed E-state index contributed by atoms with van der Waals surface area (Å²) in [7, 11) is 0. The van der Waals surface area contributed by atoms with Gasteiger partial charge in [0.15, 0.2) is 0 Å². The molecular formula is C79H151NO5. The van der Waals surface area contributed by atoms with Crippen molar-refractivity contribution < 1.29 is 24.5 Å². The molecule has 0 saturated heterocycles. The van der Waals surface area contributed by atoms with Crippen molar-refractivity contribution in [2.45, 2.75) is 443 Å². The minimum Gasteiger partial charge on any atom is -0.466 e. The monoisotopic (exact) mass is 1190 g/mol. The largest absolute Gasteiger partial charge is 0.466 e. The van der Waals surface area contributed by atoms with E-state index in [1.165, 1.54) is 366 Å². The summed E-state index contributed by atoms with van der Waals surface area (Å²) in [6.45, 7) is 4.94. The molecule has 0 heterocycles. The molecule has 2 atom stereocenters. The predicted molar refractivity (Wildman–Crippen MR) is 375 cm³/mol. The fraction of sp³-hybridized carbons (Fsp3) is 0.899. The molecule has 6 heteroatoms. The number of hydrogen-bond donors (Lipinski definition) is 3. The standard InChI is InChI=1S/C79H151NO5/c1-3-5-7-9-11-13-15-17-19-21-23-32-36-39-43-47-51-55-59-63-67-71-77(82)76(75-81)80-78(83)72-68-64-60-56-52-48-44-40-37-33-30-28-26-24-25-27-29-31-34-38-42-46-50-54-58-62-66-70-74-85-79(84)73-69-65-61-57-53-49-45-41-35-22-20-18-16-14-12-10-8-6-4-2/h18,20,24-25,67,71,76-77,81-82H,3-17,19,21-23,26-66,68-70,72-75H2,1-2H3,(H,80,83)/b20-18-,25-24-,71-67+. The van der Waals surface area contributed by atoms with Crippen LogP contribution in [-0.4, -0.2) is 47.4 Å². The van der Waals surface area contributed by atoms with Crippen LogP contribution in [0.1, 0.15) is 431 Å². The van der Waals surface area contributed by atoms with E-state index in [4.69, 9.17) is 4.74 Å². The molecule has 0 bridgehead atoms. The zero-order valence-corrected chi connectivity index (χ0v) is 57.6. The van der Waals surface area contributed by atoms with Gasteiger partial charge >= 0.3 is 5.97 Å². The molecule has 0 aliphatic carbocycles. The van der Waals surface area contributed by atoms with E-state index in [1.54, 1.807) is 6.08 Å². The van der Waals surface area contributed by atoms with Gasteiger partial charge < -0.3 is 20.3 Å². The van der Waals surface area contributed by atoms with Crippen molar-refractivity contribution in [2.75, 3.05) is 13.2 Å². The summed E-state index contributed by atoms with van der Waals surface area (Å²) < 4.78 is 5.51. The molecule has 0 aromatic rings. The lowest BCUT2D eigenvalue weighted by Gasteiger charge is -2.20. The van der Waals surface area contributed by atoms with E-state index in [0.29, 0.717) is 19.4 Å². The van der Waals surface area contributed by atoms with E-state index < -0.39 is 12.1 Å². The van der Waals surface area contributed by atoms with Gasteiger partial charge in [-0.1, -0.05) is 371 Å². The lowest BCUT2D eigenvalue weighted by Crippen LogP contribution is -2.45. The molecule has 2 unspecified atom stereocenters. The second-order valence-corrected chi connectivity index (χ2v) is 26.7. The number of ether oxygens (including phenoxy) is 1. The van der Waals surface area contributed by atoms with Gasteiger partial charge in [0.25, 0.3) is 0 Å². The van der Waals surface area contributed by atoms with Gasteiger partial charge in [-0.05, 0) is 83.5 Å². The fourth-order valence-corrected chi connectivity index (χ4v) is 12.2. The average molecular weight is 1200 g/mol. The minimum atomic E-state index is -0.846. The van der Waals surface area contributed by atoms with Crippen LogP contribution in [0, 0.1) is 0 Å². The second kappa shape index (κ2) is 74.5. The topological polar surface area (TPSA) is 95.9 Å². The van der Waals surface area contributed by atoms with Gasteiger partial charge in [-0.25, -0.2) is 0 Å². The molecule has 0 saturated carbocycles. The van der Waals surface area contributed by atoms with Crippen LogP contribution in [0.3, 0.4) is 0 Å². The Balaban J connectivity index is 3.39. The Morgan fingerprint density at radius 2 is 0.553 bits per heavy atom. The van der Waals surface area contributed by atoms with Crippen molar-refractivity contribution in [3.8, 4) is 0 Å². The lowest BCUT2D eigenvalue weighted by molar-refractivity contribution is -0.143. The van der Waals surface area contributed by atoms with Crippen LogP contribution >= 0.6 is 0 Å². The summed E-state index contributed by atoms with van der Waals surface area (Å²) >= 11 is 0. The van der Waals surface area contributed by atoms with E-state index in [-0.39, 0.29) is 18.5 Å². The Labute approximate surface area is 532 Å². The summed E-state index contributed by atoms with van der Waals surface area (Å²) in [6, 6.07) is -0.629. The third-order valence-electron chi connectivity index (χ3n) is 18.1. The van der Waals surface area contributed by atoms with Crippen LogP contribution in [0.25, 0.3) is 0 Å². The number of carbonyl (C=O) groups is 2. The molecule has 0 aromatic carbocycles. The molecule has 6 nitrogen and oxygen atoms in total. The van der Waals surface area contributed by atoms with Crippen molar-refractivity contribution in [1.82, 2.24) is 5.32 Å². The van der Waals surface area contributed by atoms with Gasteiger partial charge in [-0.3, -0.25) is 9.59 Å². The molecule has 1 amide bonds. The molecule has 0 aliphatic heterocycles. The average Bonchev–Trinajstić information content (AvgIpc) is 3.51. The third kappa shape index (κ3) is 71.0. The lowest BCUT2D eigenvalue weighted by atomic mass is 10.0. The van der Waals surface area contributed by atoms with Crippen LogP contribution in [0.5, 0.6) is 0 Å². The van der Waals surface area contributed by atoms with Crippen molar-refractivity contribution in [3.63, 3.8) is 0 Å². The van der Waals surface area contributed by atoms with Crippen LogP contribution in [-0.2, 0) is 14.3 Å². The Kier molecular flexibility index (Phi) is 72.9. The smallest absolute Gasteiger partial charge is 0.305 e. The summed E-state index contributed by atoms with van der Waals surface area (Å²) in [6.07, 6.45) is 96.8. The molecule has 0 spiro atoms. The summed E-state index contributed by atoms with van der Waals surface area (Å²) in [5.41, 5.74) is 0. The first kappa shape index (κ1) is 83.1. The highest BCUT2D eigenvalue weighted by atomic mass is 16.5. The van der Waals surface area contributed by atoms with Crippen molar-refractivity contribution in [3.05, 3.63) is 36.5 Å². The maximum absolute atomic E-state index is 12.5. The fourth-order valence-electron chi connectivity index (χ4n) is 12.2. The van der Waals surface area contributed by atoms with E-state index in [0.717, 1.165) is 38.5 Å². The predicted octanol–water partition coefficient (Wildman–Crippen LogP) is 25.4. The van der Waals surface area contributed by atoms with Crippen molar-refractivity contribution >= 4 is 11.9 Å². The molecule has 0 radical (unpaired) electrons. The van der Waals surface area contributed by atoms with Crippen LogP contribution in [0.15, 0.2) is 36.5 Å². The number of aliphatic hydroxyl groups excluding tert-OH is 2. The first-order valence-electron chi connectivity index (χ1n) is 38.8. The summed E-state index contributed by atoms with van der Waals surface area (Å²) in [5.74, 6) is -0.0479. The molecule has 0 aliphatic rings. The highest BCUT2D eigenvalue weighted by Gasteiger charge is 2.18. The normalized spacial score (nSPS) is 12.7. The Hall–Kier alpha value is -1.92. The number of nitrogens with one attached hydrogen (secondary N) is 1. The van der Waals surface area contributed by atoms with Gasteiger partial charge in [-0.2, -0.15) is 0 Å². The van der Waals surface area contributed by atoms with Gasteiger partial charge in [-0.15, -0.1) is 0 Å². The number of carbonyl (C=O) groups excluding carboxylic acids is 2. The van der Waals surface area contributed by atoms with Crippen molar-refractivity contribution in [1.29, 1.82) is 0 Å². The van der Waals surface area contributed by atoms with Gasteiger partial charge in [0, 0.05) is 12.8 Å². The highest BCUT2D eigenvalue weighted by Crippen LogP contribution is 2.19. The number of unbranched alkanes of at least 4 members (excludes halogenated alkanes) is 58.